The summed E-state index contributed by atoms with van der Waals surface area (Å²) in [7, 11) is 17.7. The van der Waals surface area contributed by atoms with Crippen LogP contribution in [0.4, 0.5) is 0 Å². The molecule has 2 aliphatic rings. The molecule has 263 valence electrons. The third-order valence-electron chi connectivity index (χ3n) is 11.8. The van der Waals surface area contributed by atoms with Crippen LogP contribution in [0, 0.1) is 0 Å². The van der Waals surface area contributed by atoms with E-state index in [2.05, 4.69) is 138 Å². The molecule has 0 N–H and O–H groups in total. The number of halogens is 2. The molecule has 2 unspecified atom stereocenters. The van der Waals surface area contributed by atoms with E-state index < -0.39 is 21.3 Å². The number of hydrogen-bond donors (Lipinski definition) is 0. The number of unbranched alkanes of at least 4 members (excludes halogenated alkanes) is 2. The molecule has 0 aliphatic heterocycles. The maximum absolute atomic E-state index is 8.87. The third kappa shape index (κ3) is 6.70. The Labute approximate surface area is 312 Å². The molecular weight excluding hydrogens is 830 g/mol. The van der Waals surface area contributed by atoms with Crippen LogP contribution in [0.5, 0.6) is 0 Å². The van der Waals surface area contributed by atoms with Gasteiger partial charge in [-0.3, -0.25) is 0 Å². The summed E-state index contributed by atoms with van der Waals surface area (Å²) in [6.07, 6.45) is 16.3. The Bertz CT molecular complexity index is 1770. The summed E-state index contributed by atoms with van der Waals surface area (Å²) in [5, 5.41) is 0. The topological polar surface area (TPSA) is 0 Å². The zero-order valence-electron chi connectivity index (χ0n) is 31.3. The first-order valence-corrected chi connectivity index (χ1v) is 41.8. The molecule has 4 aromatic rings. The fourth-order valence-electron chi connectivity index (χ4n) is 9.27. The molecule has 4 aromatic carbocycles. The molecule has 0 bridgehead atoms. The van der Waals surface area contributed by atoms with Crippen LogP contribution >= 0.6 is 17.2 Å². The number of hydrogen-bond acceptors (Lipinski definition) is 0. The van der Waals surface area contributed by atoms with Gasteiger partial charge in [0.2, 0.25) is 0 Å². The van der Waals surface area contributed by atoms with Crippen molar-refractivity contribution in [3.05, 3.63) is 129 Å². The van der Waals surface area contributed by atoms with E-state index in [0.29, 0.717) is 0 Å². The standard InChI is InChI=1S/2C22H25.C2H7Si.2ClH.Hf/c2*1-3-5-10-17-15-19-12-8-14-21(22(19)16-17)20-13-7-6-11-18(20)9-4-2;1-3-2;;;/h2*6-8,11-16H,3-5,9-10H2,1-2H3;3H,1-2H3;2*1H;/q;;;;;+2/p-2. The monoisotopic (exact) mass is 887 g/mol. The van der Waals surface area contributed by atoms with Gasteiger partial charge in [0.25, 0.3) is 0 Å². The van der Waals surface area contributed by atoms with E-state index in [4.69, 9.17) is 17.2 Å². The Morgan fingerprint density at radius 2 is 0.900 bits per heavy atom. The predicted octanol–water partition coefficient (Wildman–Crippen LogP) is 14.9. The summed E-state index contributed by atoms with van der Waals surface area (Å²) in [5.74, 6) is -1.64. The normalized spacial score (nSPS) is 17.7. The van der Waals surface area contributed by atoms with E-state index in [0.717, 1.165) is 64.2 Å². The molecule has 2 atom stereocenters. The zero-order chi connectivity index (χ0) is 35.5. The van der Waals surface area contributed by atoms with Crippen molar-refractivity contribution in [3.8, 4) is 22.3 Å². The molecule has 50 heavy (non-hydrogen) atoms. The van der Waals surface area contributed by atoms with Gasteiger partial charge in [0, 0.05) is 0 Å². The first kappa shape index (κ1) is 37.8. The molecule has 0 saturated carbocycles. The average Bonchev–Trinajstić information content (AvgIpc) is 3.70. The number of aryl methyl sites for hydroxylation is 2. The number of allylic oxidation sites excluding steroid dienone is 2. The summed E-state index contributed by atoms with van der Waals surface area (Å²) in [6.45, 7) is 14.2. The van der Waals surface area contributed by atoms with E-state index in [9.17, 15) is 0 Å². The zero-order valence-corrected chi connectivity index (χ0v) is 37.6. The Kier molecular flexibility index (Phi) is 12.1. The predicted molar refractivity (Wildman–Crippen MR) is 223 cm³/mol. The van der Waals surface area contributed by atoms with Gasteiger partial charge in [0.1, 0.15) is 0 Å². The summed E-state index contributed by atoms with van der Waals surface area (Å²) < 4.78 is 0.276. The van der Waals surface area contributed by atoms with Crippen LogP contribution in [-0.4, -0.2) is 5.98 Å². The van der Waals surface area contributed by atoms with Gasteiger partial charge < -0.3 is 0 Å². The third-order valence-corrected chi connectivity index (χ3v) is 84.6. The minimum absolute atomic E-state index is 0.138. The fraction of sp³-hybridized carbons (Fsp3) is 0.391. The Hall–Kier alpha value is -1.97. The molecule has 2 aliphatic carbocycles. The summed E-state index contributed by atoms with van der Waals surface area (Å²) >= 11 is -5.04. The van der Waals surface area contributed by atoms with E-state index in [1.807, 2.05) is 0 Å². The van der Waals surface area contributed by atoms with Crippen LogP contribution in [0.3, 0.4) is 0 Å². The van der Waals surface area contributed by atoms with Gasteiger partial charge in [-0.15, -0.1) is 0 Å². The first-order chi connectivity index (χ1) is 24.2. The molecular formula is C46H57Cl2HfSi. The van der Waals surface area contributed by atoms with E-state index in [-0.39, 0.29) is 7.35 Å². The molecule has 0 fully saturated rings. The van der Waals surface area contributed by atoms with E-state index in [1.165, 1.54) is 66.8 Å². The summed E-state index contributed by atoms with van der Waals surface area (Å²) in [5.41, 5.74) is 16.9. The minimum atomic E-state index is -5.04. The van der Waals surface area contributed by atoms with Crippen LogP contribution in [0.15, 0.2) is 96.1 Å². The fourth-order valence-corrected chi connectivity index (χ4v) is 53.9. The summed E-state index contributed by atoms with van der Waals surface area (Å²) in [6, 6.07) is 32.2. The SMILES string of the molecule is CCCCC1=Cc2c(-c3ccccc3CCC)cccc2[CH]1[Hf]([Cl])([Cl])([CH]1C(CCCC)=Cc2c(-c3ccccc3CCC)cccc21)[SiH](C)C. The second kappa shape index (κ2) is 16.0. The Balaban J connectivity index is 1.60. The molecule has 0 radical (unpaired) electrons. The first-order valence-electron chi connectivity index (χ1n) is 19.6. The molecule has 6 rings (SSSR count). The molecule has 0 aromatic heterocycles. The number of fused-ring (bicyclic) bond motifs is 2. The van der Waals surface area contributed by atoms with Gasteiger partial charge >= 0.3 is 315 Å². The second-order valence-corrected chi connectivity index (χ2v) is 74.6. The molecule has 4 heteroatoms. The van der Waals surface area contributed by atoms with Crippen molar-refractivity contribution in [2.45, 2.75) is 112 Å². The molecule has 0 spiro atoms. The van der Waals surface area contributed by atoms with Gasteiger partial charge in [0.15, 0.2) is 0 Å². The van der Waals surface area contributed by atoms with Crippen molar-refractivity contribution in [2.24, 2.45) is 0 Å². The van der Waals surface area contributed by atoms with E-state index in [1.54, 1.807) is 0 Å². The maximum atomic E-state index is 8.87. The van der Waals surface area contributed by atoms with Gasteiger partial charge in [-0.25, -0.2) is 0 Å². The van der Waals surface area contributed by atoms with Gasteiger partial charge in [-0.05, 0) is 0 Å². The molecule has 0 nitrogen and oxygen atoms in total. The van der Waals surface area contributed by atoms with Crippen molar-refractivity contribution in [3.63, 3.8) is 0 Å². The van der Waals surface area contributed by atoms with Crippen molar-refractivity contribution in [2.75, 3.05) is 0 Å². The summed E-state index contributed by atoms with van der Waals surface area (Å²) in [4.78, 5) is 0. The Morgan fingerprint density at radius 1 is 0.500 bits per heavy atom. The quantitative estimate of drug-likeness (QED) is 0.104. The van der Waals surface area contributed by atoms with Crippen LogP contribution in [0.25, 0.3) is 34.4 Å². The van der Waals surface area contributed by atoms with Gasteiger partial charge in [-0.1, -0.05) is 0 Å². The van der Waals surface area contributed by atoms with Gasteiger partial charge in [-0.2, -0.15) is 0 Å². The number of benzene rings is 4. The van der Waals surface area contributed by atoms with Crippen LogP contribution < -0.4 is 0 Å². The van der Waals surface area contributed by atoms with Crippen molar-refractivity contribution < 1.29 is 15.3 Å². The van der Waals surface area contributed by atoms with Crippen LogP contribution in [0.2, 0.25) is 13.1 Å². The second-order valence-electron chi connectivity index (χ2n) is 15.3. The Morgan fingerprint density at radius 3 is 1.28 bits per heavy atom. The number of rotatable bonds is 15. The van der Waals surface area contributed by atoms with Crippen molar-refractivity contribution in [1.29, 1.82) is 0 Å². The van der Waals surface area contributed by atoms with Crippen LogP contribution in [0.1, 0.15) is 120 Å². The molecule has 0 saturated heterocycles. The molecule has 0 heterocycles. The van der Waals surface area contributed by atoms with Crippen molar-refractivity contribution >= 4 is 35.3 Å². The average molecular weight is 887 g/mol. The van der Waals surface area contributed by atoms with Crippen molar-refractivity contribution in [1.82, 2.24) is 0 Å². The van der Waals surface area contributed by atoms with E-state index >= 15 is 0 Å². The molecule has 0 amide bonds. The van der Waals surface area contributed by atoms with Gasteiger partial charge in [0.05, 0.1) is 0 Å². The van der Waals surface area contributed by atoms with Crippen LogP contribution in [-0.2, 0) is 28.1 Å².